The van der Waals surface area contributed by atoms with Gasteiger partial charge < -0.3 is 16.0 Å². The lowest BCUT2D eigenvalue weighted by atomic mass is 10.1. The van der Waals surface area contributed by atoms with E-state index in [0.29, 0.717) is 29.9 Å². The Balaban J connectivity index is 1.67. The number of hydrogen-bond acceptors (Lipinski definition) is 5. The molecule has 4 N–H and O–H groups in total. The van der Waals surface area contributed by atoms with E-state index in [1.54, 1.807) is 19.3 Å². The van der Waals surface area contributed by atoms with E-state index in [0.717, 1.165) is 28.0 Å². The van der Waals surface area contributed by atoms with Crippen molar-refractivity contribution in [2.45, 2.75) is 26.2 Å². The van der Waals surface area contributed by atoms with Crippen LogP contribution in [0.3, 0.4) is 0 Å². The first kappa shape index (κ1) is 20.6. The first-order valence-corrected chi connectivity index (χ1v) is 10.2. The minimum absolute atomic E-state index is 0.220. The van der Waals surface area contributed by atoms with Crippen molar-refractivity contribution in [2.75, 3.05) is 18.9 Å². The molecule has 0 spiro atoms. The number of benzene rings is 1. The summed E-state index contributed by atoms with van der Waals surface area (Å²) in [5, 5.41) is 4.01. The number of nitrogens with one attached hydrogen (secondary N) is 2. The van der Waals surface area contributed by atoms with Crippen LogP contribution < -0.4 is 11.1 Å². The highest BCUT2D eigenvalue weighted by atomic mass is 19.1. The fourth-order valence-corrected chi connectivity index (χ4v) is 3.75. The summed E-state index contributed by atoms with van der Waals surface area (Å²) < 4.78 is 16.3. The van der Waals surface area contributed by atoms with Crippen molar-refractivity contribution in [3.8, 4) is 0 Å². The van der Waals surface area contributed by atoms with Crippen LogP contribution in [0.25, 0.3) is 22.1 Å². The van der Waals surface area contributed by atoms with E-state index in [4.69, 9.17) is 10.7 Å². The molecule has 4 rings (SSSR count). The maximum atomic E-state index is 14.3. The molecule has 0 aliphatic rings. The van der Waals surface area contributed by atoms with Crippen LogP contribution in [0.4, 0.5) is 10.2 Å². The van der Waals surface area contributed by atoms with Crippen LogP contribution in [0, 0.1) is 5.82 Å². The lowest BCUT2D eigenvalue weighted by Gasteiger charge is -2.12. The second-order valence-corrected chi connectivity index (χ2v) is 7.67. The number of halogens is 1. The Labute approximate surface area is 179 Å². The van der Waals surface area contributed by atoms with E-state index >= 15 is 0 Å². The van der Waals surface area contributed by atoms with Gasteiger partial charge in [-0.25, -0.2) is 14.4 Å². The fourth-order valence-electron chi connectivity index (χ4n) is 3.75. The van der Waals surface area contributed by atoms with Crippen LogP contribution in [-0.4, -0.2) is 39.2 Å². The number of anilines is 1. The Morgan fingerprint density at radius 1 is 1.39 bits per heavy atom. The van der Waals surface area contributed by atoms with E-state index in [1.165, 1.54) is 12.3 Å². The van der Waals surface area contributed by atoms with E-state index in [2.05, 4.69) is 34.1 Å². The molecule has 0 aliphatic heterocycles. The van der Waals surface area contributed by atoms with Gasteiger partial charge in [0.1, 0.15) is 5.82 Å². The monoisotopic (exact) mass is 419 g/mol. The third-order valence-corrected chi connectivity index (χ3v) is 5.28. The zero-order valence-electron chi connectivity index (χ0n) is 17.9. The molecule has 7 nitrogen and oxygen atoms in total. The minimum Gasteiger partial charge on any atom is -0.404 e. The number of nitrogens with two attached hydrogens (primary N) is 1. The molecule has 0 bridgehead atoms. The first-order chi connectivity index (χ1) is 15.0. The summed E-state index contributed by atoms with van der Waals surface area (Å²) in [5.41, 5.74) is 10.7. The maximum Gasteiger partial charge on any atom is 0.180 e. The van der Waals surface area contributed by atoms with Crippen LogP contribution >= 0.6 is 0 Å². The lowest BCUT2D eigenvalue weighted by Crippen LogP contribution is -2.11. The Kier molecular flexibility index (Phi) is 5.70. The second-order valence-electron chi connectivity index (χ2n) is 7.67. The van der Waals surface area contributed by atoms with Gasteiger partial charge in [-0.1, -0.05) is 19.9 Å². The number of fused-ring (bicyclic) bond motifs is 2. The van der Waals surface area contributed by atoms with E-state index in [9.17, 15) is 4.39 Å². The highest BCUT2D eigenvalue weighted by Crippen LogP contribution is 2.25. The zero-order chi connectivity index (χ0) is 22.0. The summed E-state index contributed by atoms with van der Waals surface area (Å²) in [4.78, 5) is 16.5. The molecular weight excluding hydrogens is 393 g/mol. The van der Waals surface area contributed by atoms with Crippen molar-refractivity contribution in [3.63, 3.8) is 0 Å². The number of allylic oxidation sites excluding steroid dienone is 1. The summed E-state index contributed by atoms with van der Waals surface area (Å²) >= 11 is 0. The van der Waals surface area contributed by atoms with Crippen molar-refractivity contribution < 1.29 is 4.39 Å². The predicted molar refractivity (Wildman–Crippen MR) is 124 cm³/mol. The molecule has 4 aromatic rings. The number of aromatic amines is 1. The molecule has 0 saturated carbocycles. The molecule has 31 heavy (non-hydrogen) atoms. The van der Waals surface area contributed by atoms with Crippen LogP contribution in [0.15, 0.2) is 48.0 Å². The molecule has 0 atom stereocenters. The molecule has 3 heterocycles. The van der Waals surface area contributed by atoms with Gasteiger partial charge in [0.25, 0.3) is 0 Å². The summed E-state index contributed by atoms with van der Waals surface area (Å²) in [5.74, 6) is 0.716. The Hall–Kier alpha value is -3.68. The number of rotatable bonds is 7. The summed E-state index contributed by atoms with van der Waals surface area (Å²) in [6.07, 6.45) is 9.45. The van der Waals surface area contributed by atoms with Gasteiger partial charge in [-0.3, -0.25) is 9.39 Å². The van der Waals surface area contributed by atoms with Crippen LogP contribution in [0.2, 0.25) is 0 Å². The third-order valence-electron chi connectivity index (χ3n) is 5.28. The van der Waals surface area contributed by atoms with Crippen molar-refractivity contribution >= 4 is 34.2 Å². The highest BCUT2D eigenvalue weighted by Gasteiger charge is 2.15. The quantitative estimate of drug-likeness (QED) is 0.393. The van der Waals surface area contributed by atoms with Crippen LogP contribution in [-0.2, 0) is 6.42 Å². The van der Waals surface area contributed by atoms with Crippen molar-refractivity contribution in [1.82, 2.24) is 19.4 Å². The minimum atomic E-state index is -0.220. The van der Waals surface area contributed by atoms with Crippen molar-refractivity contribution in [1.29, 1.82) is 0 Å². The standard InChI is InChI=1S/C23H26FN7/c1-14(2)20-12-29-23-22(30-19(13-31(20)23)16(9-25)10-26-3)27-8-7-15-11-28-18-6-4-5-17(24)21(15)18/h4-6,9-14,28H,7-8,25H2,1-3H3,(H,27,30)/b16-9+,26-10?. The Bertz CT molecular complexity index is 1280. The number of aromatic nitrogens is 4. The van der Waals surface area contributed by atoms with E-state index < -0.39 is 0 Å². The van der Waals surface area contributed by atoms with E-state index in [-0.39, 0.29) is 11.7 Å². The topological polar surface area (TPSA) is 96.4 Å². The van der Waals surface area contributed by atoms with Gasteiger partial charge in [-0.05, 0) is 30.0 Å². The molecule has 0 aliphatic carbocycles. The Morgan fingerprint density at radius 2 is 2.23 bits per heavy atom. The van der Waals surface area contributed by atoms with Gasteiger partial charge in [-0.15, -0.1) is 0 Å². The molecule has 0 fully saturated rings. The second kappa shape index (κ2) is 8.59. The van der Waals surface area contributed by atoms with Crippen LogP contribution in [0.1, 0.15) is 36.7 Å². The highest BCUT2D eigenvalue weighted by molar-refractivity contribution is 6.08. The Morgan fingerprint density at radius 3 is 2.97 bits per heavy atom. The molecule has 0 amide bonds. The molecule has 160 valence electrons. The average Bonchev–Trinajstić information content (AvgIpc) is 3.37. The SMILES string of the molecule is CN=C/C(=C\N)c1cn2c(C(C)C)cnc2c(NCCc2c[nH]c3cccc(F)c23)n1. The smallest absolute Gasteiger partial charge is 0.180 e. The fraction of sp³-hybridized carbons (Fsp3) is 0.261. The van der Waals surface area contributed by atoms with E-state index in [1.807, 2.05) is 29.1 Å². The van der Waals surface area contributed by atoms with Crippen molar-refractivity contribution in [3.05, 3.63) is 65.8 Å². The molecule has 8 heteroatoms. The first-order valence-electron chi connectivity index (χ1n) is 10.2. The zero-order valence-corrected chi connectivity index (χ0v) is 17.9. The molecule has 3 aromatic heterocycles. The summed E-state index contributed by atoms with van der Waals surface area (Å²) in [6.45, 7) is 4.81. The largest absolute Gasteiger partial charge is 0.404 e. The molecule has 0 radical (unpaired) electrons. The number of hydrogen-bond donors (Lipinski definition) is 3. The van der Waals surface area contributed by atoms with Gasteiger partial charge >= 0.3 is 0 Å². The maximum absolute atomic E-state index is 14.3. The third kappa shape index (κ3) is 3.88. The van der Waals surface area contributed by atoms with Crippen molar-refractivity contribution in [2.24, 2.45) is 10.7 Å². The summed E-state index contributed by atoms with van der Waals surface area (Å²) in [6, 6.07) is 5.06. The normalized spacial score (nSPS) is 12.6. The number of nitrogens with zero attached hydrogens (tertiary/aromatic N) is 4. The molecular formula is C23H26FN7. The lowest BCUT2D eigenvalue weighted by molar-refractivity contribution is 0.639. The van der Waals surface area contributed by atoms with Crippen LogP contribution in [0.5, 0.6) is 0 Å². The molecule has 1 aromatic carbocycles. The predicted octanol–water partition coefficient (Wildman–Crippen LogP) is 4.13. The average molecular weight is 420 g/mol. The molecule has 0 unspecified atom stereocenters. The van der Waals surface area contributed by atoms with Gasteiger partial charge in [-0.2, -0.15) is 0 Å². The van der Waals surface area contributed by atoms with Gasteiger partial charge in [0.2, 0.25) is 0 Å². The van der Waals surface area contributed by atoms with Gasteiger partial charge in [0.15, 0.2) is 11.5 Å². The van der Waals surface area contributed by atoms with Gasteiger partial charge in [0, 0.05) is 66.8 Å². The molecule has 0 saturated heterocycles. The number of aliphatic imine (C=N–C) groups is 1. The number of H-pyrrole nitrogens is 1. The summed E-state index contributed by atoms with van der Waals surface area (Å²) in [7, 11) is 1.69. The number of imidazole rings is 1. The van der Waals surface area contributed by atoms with Gasteiger partial charge in [0.05, 0.1) is 5.69 Å².